The first-order valence-corrected chi connectivity index (χ1v) is 7.91. The Bertz CT molecular complexity index is 470. The maximum atomic E-state index is 11.9. The van der Waals surface area contributed by atoms with Crippen molar-refractivity contribution in [1.82, 2.24) is 5.32 Å². The molecule has 0 amide bonds. The minimum absolute atomic E-state index is 0.0905. The largest absolute Gasteiger partial charge is 0.316 e. The molecule has 0 saturated heterocycles. The molecule has 0 aliphatic carbocycles. The van der Waals surface area contributed by atoms with E-state index in [-0.39, 0.29) is 11.7 Å². The number of anilines is 1. The Morgan fingerprint density at radius 1 is 1.22 bits per heavy atom. The molecule has 4 nitrogen and oxygen atoms in total. The first-order valence-electron chi connectivity index (χ1n) is 6.26. The Morgan fingerprint density at radius 2 is 1.89 bits per heavy atom. The number of para-hydroxylation sites is 1. The molecule has 0 spiro atoms. The fraction of sp³-hybridized carbons (Fsp3) is 0.538. The summed E-state index contributed by atoms with van der Waals surface area (Å²) in [6.45, 7) is 7.29. The lowest BCUT2D eigenvalue weighted by atomic mass is 10.0. The molecule has 102 valence electrons. The van der Waals surface area contributed by atoms with Crippen LogP contribution in [-0.4, -0.2) is 27.3 Å². The topological polar surface area (TPSA) is 58.2 Å². The van der Waals surface area contributed by atoms with Crippen molar-refractivity contribution in [3.63, 3.8) is 0 Å². The number of nitrogens with one attached hydrogen (secondary N) is 2. The highest BCUT2D eigenvalue weighted by molar-refractivity contribution is 7.92. The van der Waals surface area contributed by atoms with Crippen LogP contribution in [0.4, 0.5) is 5.69 Å². The SMILES string of the molecule is CCNCCS(=O)(=O)Nc1ccccc1C(C)C. The van der Waals surface area contributed by atoms with Crippen LogP contribution in [0.2, 0.25) is 0 Å². The van der Waals surface area contributed by atoms with Gasteiger partial charge in [0.25, 0.3) is 0 Å². The third-order valence-corrected chi connectivity index (χ3v) is 3.92. The van der Waals surface area contributed by atoms with Gasteiger partial charge in [-0.3, -0.25) is 4.72 Å². The molecule has 2 N–H and O–H groups in total. The van der Waals surface area contributed by atoms with Crippen LogP contribution in [0.15, 0.2) is 24.3 Å². The summed E-state index contributed by atoms with van der Waals surface area (Å²) in [5.41, 5.74) is 1.70. The highest BCUT2D eigenvalue weighted by atomic mass is 32.2. The summed E-state index contributed by atoms with van der Waals surface area (Å²) in [6, 6.07) is 7.52. The van der Waals surface area contributed by atoms with Gasteiger partial charge >= 0.3 is 0 Å². The van der Waals surface area contributed by atoms with E-state index in [4.69, 9.17) is 0 Å². The van der Waals surface area contributed by atoms with Crippen molar-refractivity contribution in [2.75, 3.05) is 23.6 Å². The number of hydrogen-bond donors (Lipinski definition) is 2. The average molecular weight is 270 g/mol. The standard InChI is InChI=1S/C13H22N2O2S/c1-4-14-9-10-18(16,17)15-13-8-6-5-7-12(13)11(2)3/h5-8,11,14-15H,4,9-10H2,1-3H3. The van der Waals surface area contributed by atoms with E-state index in [0.717, 1.165) is 12.1 Å². The predicted molar refractivity (Wildman–Crippen MR) is 76.5 cm³/mol. The average Bonchev–Trinajstić information content (AvgIpc) is 2.29. The van der Waals surface area contributed by atoms with E-state index in [1.54, 1.807) is 6.07 Å². The van der Waals surface area contributed by atoms with Crippen molar-refractivity contribution in [1.29, 1.82) is 0 Å². The van der Waals surface area contributed by atoms with Crippen LogP contribution < -0.4 is 10.0 Å². The molecule has 0 aliphatic rings. The van der Waals surface area contributed by atoms with Gasteiger partial charge in [0.15, 0.2) is 0 Å². The van der Waals surface area contributed by atoms with Gasteiger partial charge in [-0.15, -0.1) is 0 Å². The summed E-state index contributed by atoms with van der Waals surface area (Å²) in [5.74, 6) is 0.380. The lowest BCUT2D eigenvalue weighted by Gasteiger charge is -2.14. The molecule has 0 bridgehead atoms. The Labute approximate surface area is 110 Å². The zero-order valence-electron chi connectivity index (χ0n) is 11.2. The zero-order chi connectivity index (χ0) is 13.6. The fourth-order valence-electron chi connectivity index (χ4n) is 1.70. The van der Waals surface area contributed by atoms with Crippen molar-refractivity contribution < 1.29 is 8.42 Å². The molecule has 5 heteroatoms. The van der Waals surface area contributed by atoms with Crippen LogP contribution in [0, 0.1) is 0 Å². The molecule has 0 unspecified atom stereocenters. The minimum atomic E-state index is -3.28. The van der Waals surface area contributed by atoms with Crippen molar-refractivity contribution in [3.05, 3.63) is 29.8 Å². The van der Waals surface area contributed by atoms with Crippen molar-refractivity contribution in [3.8, 4) is 0 Å². The molecule has 0 heterocycles. The van der Waals surface area contributed by atoms with Gasteiger partial charge in [0.2, 0.25) is 10.0 Å². The summed E-state index contributed by atoms with van der Waals surface area (Å²) < 4.78 is 26.5. The fourth-order valence-corrected chi connectivity index (χ4v) is 2.73. The van der Waals surface area contributed by atoms with Gasteiger partial charge in [-0.2, -0.15) is 0 Å². The van der Waals surface area contributed by atoms with E-state index in [0.29, 0.717) is 12.2 Å². The molecule has 1 aromatic rings. The number of sulfonamides is 1. The molecule has 0 atom stereocenters. The van der Waals surface area contributed by atoms with Gasteiger partial charge in [-0.1, -0.05) is 39.0 Å². The second kappa shape index (κ2) is 6.75. The van der Waals surface area contributed by atoms with Gasteiger partial charge in [-0.05, 0) is 24.1 Å². The number of hydrogen-bond acceptors (Lipinski definition) is 3. The maximum Gasteiger partial charge on any atom is 0.233 e. The minimum Gasteiger partial charge on any atom is -0.316 e. The van der Waals surface area contributed by atoms with Crippen LogP contribution in [0.3, 0.4) is 0 Å². The normalized spacial score (nSPS) is 11.8. The monoisotopic (exact) mass is 270 g/mol. The molecule has 0 fully saturated rings. The second-order valence-electron chi connectivity index (χ2n) is 4.52. The van der Waals surface area contributed by atoms with Crippen molar-refractivity contribution >= 4 is 15.7 Å². The molecule has 18 heavy (non-hydrogen) atoms. The van der Waals surface area contributed by atoms with Crippen LogP contribution in [0.1, 0.15) is 32.3 Å². The van der Waals surface area contributed by atoms with Gasteiger partial charge < -0.3 is 5.32 Å². The first kappa shape index (κ1) is 15.0. The van der Waals surface area contributed by atoms with E-state index in [1.165, 1.54) is 0 Å². The van der Waals surface area contributed by atoms with Crippen LogP contribution in [-0.2, 0) is 10.0 Å². The summed E-state index contributed by atoms with van der Waals surface area (Å²) >= 11 is 0. The summed E-state index contributed by atoms with van der Waals surface area (Å²) in [6.07, 6.45) is 0. The number of rotatable bonds is 7. The van der Waals surface area contributed by atoms with Crippen molar-refractivity contribution in [2.24, 2.45) is 0 Å². The summed E-state index contributed by atoms with van der Waals surface area (Å²) in [7, 11) is -3.28. The van der Waals surface area contributed by atoms with Crippen LogP contribution >= 0.6 is 0 Å². The number of benzene rings is 1. The molecule has 0 saturated carbocycles. The molecular weight excluding hydrogens is 248 g/mol. The zero-order valence-corrected chi connectivity index (χ0v) is 12.0. The van der Waals surface area contributed by atoms with E-state index in [2.05, 4.69) is 10.0 Å². The van der Waals surface area contributed by atoms with Gasteiger partial charge in [0.05, 0.1) is 11.4 Å². The summed E-state index contributed by atoms with van der Waals surface area (Å²) in [4.78, 5) is 0. The van der Waals surface area contributed by atoms with E-state index in [1.807, 2.05) is 39.0 Å². The highest BCUT2D eigenvalue weighted by Crippen LogP contribution is 2.24. The van der Waals surface area contributed by atoms with Gasteiger partial charge in [0, 0.05) is 6.54 Å². The van der Waals surface area contributed by atoms with Crippen LogP contribution in [0.25, 0.3) is 0 Å². The quantitative estimate of drug-likeness (QED) is 0.747. The molecule has 0 radical (unpaired) electrons. The van der Waals surface area contributed by atoms with E-state index < -0.39 is 10.0 Å². The lowest BCUT2D eigenvalue weighted by molar-refractivity contribution is 0.597. The van der Waals surface area contributed by atoms with Crippen molar-refractivity contribution in [2.45, 2.75) is 26.7 Å². The predicted octanol–water partition coefficient (Wildman–Crippen LogP) is 2.16. The Kier molecular flexibility index (Phi) is 5.62. The van der Waals surface area contributed by atoms with Gasteiger partial charge in [-0.25, -0.2) is 8.42 Å². The molecule has 1 rings (SSSR count). The smallest absolute Gasteiger partial charge is 0.233 e. The third kappa shape index (κ3) is 4.66. The van der Waals surface area contributed by atoms with E-state index >= 15 is 0 Å². The van der Waals surface area contributed by atoms with E-state index in [9.17, 15) is 8.42 Å². The molecule has 0 aliphatic heterocycles. The lowest BCUT2D eigenvalue weighted by Crippen LogP contribution is -2.26. The summed E-state index contributed by atoms with van der Waals surface area (Å²) in [5, 5.41) is 3.01. The Hall–Kier alpha value is -1.07. The molecular formula is C13H22N2O2S. The highest BCUT2D eigenvalue weighted by Gasteiger charge is 2.13. The Balaban J connectivity index is 2.78. The maximum absolute atomic E-state index is 11.9. The second-order valence-corrected chi connectivity index (χ2v) is 6.36. The molecule has 1 aromatic carbocycles. The third-order valence-electron chi connectivity index (χ3n) is 2.65. The Morgan fingerprint density at radius 3 is 2.50 bits per heavy atom. The van der Waals surface area contributed by atoms with Crippen LogP contribution in [0.5, 0.6) is 0 Å². The first-order chi connectivity index (χ1) is 8.46. The molecule has 0 aromatic heterocycles. The van der Waals surface area contributed by atoms with Gasteiger partial charge in [0.1, 0.15) is 0 Å².